The van der Waals surface area contributed by atoms with Gasteiger partial charge in [-0.05, 0) is 51.6 Å². The Morgan fingerprint density at radius 1 is 1.08 bits per heavy atom. The lowest BCUT2D eigenvalue weighted by Crippen LogP contribution is -2.43. The van der Waals surface area contributed by atoms with E-state index in [0.29, 0.717) is 0 Å². The van der Waals surface area contributed by atoms with Gasteiger partial charge >= 0.3 is 0 Å². The van der Waals surface area contributed by atoms with E-state index in [4.69, 9.17) is 9.73 Å². The van der Waals surface area contributed by atoms with Crippen LogP contribution in [-0.2, 0) is 4.74 Å². The van der Waals surface area contributed by atoms with Crippen LogP contribution >= 0.6 is 24.0 Å². The smallest absolute Gasteiger partial charge is 0.193 e. The molecule has 0 bridgehead atoms. The number of ether oxygens (including phenoxy) is 1. The number of guanidine groups is 1. The maximum atomic E-state index is 5.47. The molecular formula is C19H38IN5O. The molecule has 0 aromatic heterocycles. The summed E-state index contributed by atoms with van der Waals surface area (Å²) in [6.45, 7) is 14.0. The van der Waals surface area contributed by atoms with E-state index in [2.05, 4.69) is 34.0 Å². The van der Waals surface area contributed by atoms with Crippen molar-refractivity contribution in [1.82, 2.24) is 20.0 Å². The number of hydrogen-bond donors (Lipinski definition) is 1. The number of likely N-dealkylation sites (tertiary alicyclic amines) is 2. The Morgan fingerprint density at radius 2 is 1.88 bits per heavy atom. The molecule has 6 nitrogen and oxygen atoms in total. The van der Waals surface area contributed by atoms with Crippen molar-refractivity contribution in [3.05, 3.63) is 0 Å². The summed E-state index contributed by atoms with van der Waals surface area (Å²) in [4.78, 5) is 12.5. The maximum Gasteiger partial charge on any atom is 0.193 e. The molecule has 3 aliphatic heterocycles. The van der Waals surface area contributed by atoms with Crippen LogP contribution < -0.4 is 5.32 Å². The van der Waals surface area contributed by atoms with Crippen LogP contribution in [-0.4, -0.2) is 99.8 Å². The fourth-order valence-electron chi connectivity index (χ4n) is 4.39. The Hall–Kier alpha value is -0.120. The second kappa shape index (κ2) is 11.7. The molecule has 3 heterocycles. The number of hydrogen-bond acceptors (Lipinski definition) is 4. The van der Waals surface area contributed by atoms with E-state index in [-0.39, 0.29) is 24.0 Å². The maximum absolute atomic E-state index is 5.47. The zero-order valence-electron chi connectivity index (χ0n) is 16.7. The van der Waals surface area contributed by atoms with Crippen molar-refractivity contribution < 1.29 is 4.74 Å². The Kier molecular flexibility index (Phi) is 9.94. The van der Waals surface area contributed by atoms with Crippen molar-refractivity contribution in [2.45, 2.75) is 26.2 Å². The van der Waals surface area contributed by atoms with Crippen LogP contribution in [0.25, 0.3) is 0 Å². The molecule has 0 aliphatic carbocycles. The van der Waals surface area contributed by atoms with Gasteiger partial charge in [-0.15, -0.1) is 24.0 Å². The molecule has 0 radical (unpaired) electrons. The van der Waals surface area contributed by atoms with Gasteiger partial charge in [-0.3, -0.25) is 9.89 Å². The van der Waals surface area contributed by atoms with Gasteiger partial charge in [-0.25, -0.2) is 0 Å². The molecule has 0 saturated carbocycles. The third-order valence-electron chi connectivity index (χ3n) is 5.76. The molecule has 0 aromatic rings. The third kappa shape index (κ3) is 6.80. The lowest BCUT2D eigenvalue weighted by Gasteiger charge is -2.30. The molecule has 2 unspecified atom stereocenters. The Morgan fingerprint density at radius 3 is 2.62 bits per heavy atom. The first-order chi connectivity index (χ1) is 12.2. The minimum absolute atomic E-state index is 0. The predicted molar refractivity (Wildman–Crippen MR) is 119 cm³/mol. The molecule has 3 saturated heterocycles. The highest BCUT2D eigenvalue weighted by Gasteiger charge is 2.27. The molecular weight excluding hydrogens is 441 g/mol. The zero-order valence-corrected chi connectivity index (χ0v) is 19.0. The molecule has 2 atom stereocenters. The second-order valence-electron chi connectivity index (χ2n) is 7.98. The number of rotatable bonds is 5. The number of nitrogens with one attached hydrogen (secondary N) is 1. The minimum Gasteiger partial charge on any atom is -0.379 e. The first-order valence-electron chi connectivity index (χ1n) is 10.3. The summed E-state index contributed by atoms with van der Waals surface area (Å²) in [5, 5.41) is 3.53. The molecule has 3 rings (SSSR count). The highest BCUT2D eigenvalue weighted by Crippen LogP contribution is 2.19. The van der Waals surface area contributed by atoms with Crippen LogP contribution in [0.4, 0.5) is 0 Å². The van der Waals surface area contributed by atoms with Gasteiger partial charge in [0.25, 0.3) is 0 Å². The van der Waals surface area contributed by atoms with E-state index in [1.807, 2.05) is 0 Å². The highest BCUT2D eigenvalue weighted by molar-refractivity contribution is 14.0. The quantitative estimate of drug-likeness (QED) is 0.369. The monoisotopic (exact) mass is 479 g/mol. The van der Waals surface area contributed by atoms with Gasteiger partial charge in [0.2, 0.25) is 0 Å². The second-order valence-corrected chi connectivity index (χ2v) is 7.98. The lowest BCUT2D eigenvalue weighted by atomic mass is 9.99. The van der Waals surface area contributed by atoms with Crippen LogP contribution in [0.1, 0.15) is 26.2 Å². The normalized spacial score (nSPS) is 28.8. The van der Waals surface area contributed by atoms with E-state index in [9.17, 15) is 0 Å². The molecule has 3 aliphatic rings. The van der Waals surface area contributed by atoms with E-state index in [0.717, 1.165) is 70.3 Å². The predicted octanol–water partition coefficient (Wildman–Crippen LogP) is 1.57. The van der Waals surface area contributed by atoms with Crippen LogP contribution in [0.3, 0.4) is 0 Å². The SMILES string of the molecule is CCNC(=NCC1CCCN(C)C1)N1CCC(CN2CCOCC2)C1.I. The molecule has 0 aromatic carbocycles. The number of halogens is 1. The van der Waals surface area contributed by atoms with Crippen molar-refractivity contribution in [2.75, 3.05) is 79.2 Å². The molecule has 152 valence electrons. The minimum atomic E-state index is 0. The van der Waals surface area contributed by atoms with E-state index >= 15 is 0 Å². The molecule has 1 N–H and O–H groups in total. The van der Waals surface area contributed by atoms with Crippen molar-refractivity contribution in [1.29, 1.82) is 0 Å². The van der Waals surface area contributed by atoms with Crippen molar-refractivity contribution >= 4 is 29.9 Å². The summed E-state index contributed by atoms with van der Waals surface area (Å²) in [6.07, 6.45) is 3.93. The summed E-state index contributed by atoms with van der Waals surface area (Å²) in [7, 11) is 2.23. The first kappa shape index (κ1) is 22.2. The summed E-state index contributed by atoms with van der Waals surface area (Å²) >= 11 is 0. The number of piperidine rings is 1. The fourth-order valence-corrected chi connectivity index (χ4v) is 4.39. The molecule has 3 fully saturated rings. The van der Waals surface area contributed by atoms with Gasteiger partial charge in [-0.2, -0.15) is 0 Å². The highest BCUT2D eigenvalue weighted by atomic mass is 127. The van der Waals surface area contributed by atoms with Gasteiger partial charge in [0.05, 0.1) is 13.2 Å². The fraction of sp³-hybridized carbons (Fsp3) is 0.947. The van der Waals surface area contributed by atoms with Gasteiger partial charge in [0, 0.05) is 52.4 Å². The van der Waals surface area contributed by atoms with Crippen LogP contribution in [0, 0.1) is 11.8 Å². The van der Waals surface area contributed by atoms with Crippen molar-refractivity contribution in [3.63, 3.8) is 0 Å². The van der Waals surface area contributed by atoms with Gasteiger partial charge in [-0.1, -0.05) is 0 Å². The van der Waals surface area contributed by atoms with Gasteiger partial charge in [0.1, 0.15) is 0 Å². The number of morpholine rings is 1. The van der Waals surface area contributed by atoms with Gasteiger partial charge in [0.15, 0.2) is 5.96 Å². The summed E-state index contributed by atoms with van der Waals surface area (Å²) in [6, 6.07) is 0. The van der Waals surface area contributed by atoms with Crippen molar-refractivity contribution in [2.24, 2.45) is 16.8 Å². The van der Waals surface area contributed by atoms with E-state index in [1.54, 1.807) is 0 Å². The van der Waals surface area contributed by atoms with E-state index < -0.39 is 0 Å². The Bertz CT molecular complexity index is 430. The lowest BCUT2D eigenvalue weighted by molar-refractivity contribution is 0.0315. The zero-order chi connectivity index (χ0) is 17.5. The molecule has 7 heteroatoms. The largest absolute Gasteiger partial charge is 0.379 e. The molecule has 26 heavy (non-hydrogen) atoms. The van der Waals surface area contributed by atoms with E-state index in [1.165, 1.54) is 38.9 Å². The Labute approximate surface area is 176 Å². The van der Waals surface area contributed by atoms with Crippen LogP contribution in [0.5, 0.6) is 0 Å². The summed E-state index contributed by atoms with van der Waals surface area (Å²) in [5.74, 6) is 2.63. The topological polar surface area (TPSA) is 43.3 Å². The Balaban J connectivity index is 0.00000243. The first-order valence-corrected chi connectivity index (χ1v) is 10.3. The third-order valence-corrected chi connectivity index (χ3v) is 5.76. The van der Waals surface area contributed by atoms with Crippen LogP contribution in [0.15, 0.2) is 4.99 Å². The molecule has 0 amide bonds. The average molecular weight is 479 g/mol. The van der Waals surface area contributed by atoms with Crippen LogP contribution in [0.2, 0.25) is 0 Å². The summed E-state index contributed by atoms with van der Waals surface area (Å²) in [5.41, 5.74) is 0. The van der Waals surface area contributed by atoms with Crippen molar-refractivity contribution in [3.8, 4) is 0 Å². The number of nitrogens with zero attached hydrogens (tertiary/aromatic N) is 4. The van der Waals surface area contributed by atoms with Gasteiger partial charge < -0.3 is 19.9 Å². The number of aliphatic imine (C=N–C) groups is 1. The summed E-state index contributed by atoms with van der Waals surface area (Å²) < 4.78 is 5.47. The standard InChI is InChI=1S/C19H37N5O.HI/c1-3-20-19(21-13-17-5-4-7-22(2)14-17)24-8-6-18(16-24)15-23-9-11-25-12-10-23;/h17-18H,3-16H2,1-2H3,(H,20,21);1H. The average Bonchev–Trinajstić information content (AvgIpc) is 3.08. The molecule has 0 spiro atoms.